The molecule has 0 aromatic rings. The molecule has 0 radical (unpaired) electrons. The molecule has 0 aliphatic heterocycles. The van der Waals surface area contributed by atoms with Crippen LogP contribution in [0.1, 0.15) is 85.5 Å². The van der Waals surface area contributed by atoms with Crippen LogP contribution in [0.2, 0.25) is 0 Å². The average Bonchev–Trinajstić information content (AvgIpc) is 2.46. The van der Waals surface area contributed by atoms with Gasteiger partial charge in [0.1, 0.15) is 0 Å². The Labute approximate surface area is 121 Å². The predicted octanol–water partition coefficient (Wildman–Crippen LogP) is 5.40. The number of hydrogen-bond donors (Lipinski definition) is 1. The minimum Gasteiger partial charge on any atom is -0.314 e. The summed E-state index contributed by atoms with van der Waals surface area (Å²) in [5, 5.41) is 3.86. The van der Waals surface area contributed by atoms with E-state index in [0.29, 0.717) is 0 Å². The highest BCUT2D eigenvalue weighted by molar-refractivity contribution is 4.86. The normalized spacial score (nSPS) is 27.2. The van der Waals surface area contributed by atoms with E-state index < -0.39 is 0 Å². The standard InChI is InChI=1S/C18H37N/c1-5-9-12-16(7-3)18(19-8-4)17-13-10-11-15(6-2)14-17/h15-19H,5-14H2,1-4H3. The van der Waals surface area contributed by atoms with Crippen molar-refractivity contribution in [1.82, 2.24) is 5.32 Å². The highest BCUT2D eigenvalue weighted by atomic mass is 14.9. The van der Waals surface area contributed by atoms with Crippen molar-refractivity contribution in [2.75, 3.05) is 6.54 Å². The molecule has 1 rings (SSSR count). The number of hydrogen-bond acceptors (Lipinski definition) is 1. The van der Waals surface area contributed by atoms with Crippen molar-refractivity contribution in [2.24, 2.45) is 17.8 Å². The van der Waals surface area contributed by atoms with Crippen LogP contribution in [0.25, 0.3) is 0 Å². The van der Waals surface area contributed by atoms with Crippen LogP contribution in [-0.4, -0.2) is 12.6 Å². The molecule has 4 unspecified atom stereocenters. The Balaban J connectivity index is 2.62. The van der Waals surface area contributed by atoms with Gasteiger partial charge < -0.3 is 5.32 Å². The maximum absolute atomic E-state index is 3.86. The third-order valence-corrected chi connectivity index (χ3v) is 5.31. The molecule has 1 nitrogen and oxygen atoms in total. The Kier molecular flexibility index (Phi) is 8.77. The highest BCUT2D eigenvalue weighted by Crippen LogP contribution is 2.36. The summed E-state index contributed by atoms with van der Waals surface area (Å²) in [7, 11) is 0. The van der Waals surface area contributed by atoms with E-state index in [2.05, 4.69) is 33.0 Å². The van der Waals surface area contributed by atoms with Crippen LogP contribution < -0.4 is 5.32 Å². The summed E-state index contributed by atoms with van der Waals surface area (Å²) in [5.74, 6) is 2.85. The maximum Gasteiger partial charge on any atom is 0.0123 e. The Morgan fingerprint density at radius 2 is 1.89 bits per heavy atom. The van der Waals surface area contributed by atoms with E-state index in [1.807, 2.05) is 0 Å². The van der Waals surface area contributed by atoms with E-state index >= 15 is 0 Å². The van der Waals surface area contributed by atoms with Gasteiger partial charge in [-0.1, -0.05) is 66.2 Å². The van der Waals surface area contributed by atoms with Crippen LogP contribution in [0, 0.1) is 17.8 Å². The summed E-state index contributed by atoms with van der Waals surface area (Å²) in [6.45, 7) is 10.5. The van der Waals surface area contributed by atoms with Crippen LogP contribution in [0.3, 0.4) is 0 Å². The Morgan fingerprint density at radius 1 is 1.11 bits per heavy atom. The second-order valence-electron chi connectivity index (χ2n) is 6.59. The molecule has 0 saturated heterocycles. The van der Waals surface area contributed by atoms with Gasteiger partial charge in [-0.25, -0.2) is 0 Å². The fraction of sp³-hybridized carbons (Fsp3) is 1.00. The number of nitrogens with one attached hydrogen (secondary N) is 1. The summed E-state index contributed by atoms with van der Waals surface area (Å²) < 4.78 is 0. The quantitative estimate of drug-likeness (QED) is 0.590. The zero-order valence-electron chi connectivity index (χ0n) is 13.9. The molecule has 4 atom stereocenters. The molecule has 0 amide bonds. The van der Waals surface area contributed by atoms with Gasteiger partial charge in [0.25, 0.3) is 0 Å². The minimum absolute atomic E-state index is 0.788. The van der Waals surface area contributed by atoms with Gasteiger partial charge in [-0.3, -0.25) is 0 Å². The van der Waals surface area contributed by atoms with E-state index in [0.717, 1.165) is 30.3 Å². The lowest BCUT2D eigenvalue weighted by molar-refractivity contribution is 0.159. The third-order valence-electron chi connectivity index (χ3n) is 5.31. The first-order valence-electron chi connectivity index (χ1n) is 9.00. The van der Waals surface area contributed by atoms with E-state index in [1.54, 1.807) is 0 Å². The van der Waals surface area contributed by atoms with Gasteiger partial charge in [-0.2, -0.15) is 0 Å². The Hall–Kier alpha value is -0.0400. The van der Waals surface area contributed by atoms with Gasteiger partial charge in [0.2, 0.25) is 0 Å². The summed E-state index contributed by atoms with van der Waals surface area (Å²) >= 11 is 0. The lowest BCUT2D eigenvalue weighted by Crippen LogP contribution is -2.44. The monoisotopic (exact) mass is 267 g/mol. The van der Waals surface area contributed by atoms with Crippen molar-refractivity contribution in [2.45, 2.75) is 91.5 Å². The van der Waals surface area contributed by atoms with E-state index in [-0.39, 0.29) is 0 Å². The first-order chi connectivity index (χ1) is 9.26. The SMILES string of the molecule is CCCCC(CC)C(NCC)C1CCCC(CC)C1. The Morgan fingerprint density at radius 3 is 2.47 bits per heavy atom. The molecule has 1 aliphatic carbocycles. The molecule has 0 spiro atoms. The summed E-state index contributed by atoms with van der Waals surface area (Å²) in [5.41, 5.74) is 0. The van der Waals surface area contributed by atoms with Crippen LogP contribution in [-0.2, 0) is 0 Å². The maximum atomic E-state index is 3.86. The van der Waals surface area contributed by atoms with Gasteiger partial charge in [-0.05, 0) is 43.6 Å². The molecule has 1 heteroatoms. The molecular formula is C18H37N. The molecule has 114 valence electrons. The van der Waals surface area contributed by atoms with Gasteiger partial charge in [0, 0.05) is 6.04 Å². The van der Waals surface area contributed by atoms with Crippen molar-refractivity contribution < 1.29 is 0 Å². The van der Waals surface area contributed by atoms with Crippen molar-refractivity contribution in [3.8, 4) is 0 Å². The fourth-order valence-electron chi connectivity index (χ4n) is 4.09. The van der Waals surface area contributed by atoms with Crippen LogP contribution in [0.15, 0.2) is 0 Å². The fourth-order valence-corrected chi connectivity index (χ4v) is 4.09. The molecule has 0 aromatic carbocycles. The lowest BCUT2D eigenvalue weighted by Gasteiger charge is -2.39. The number of unbranched alkanes of at least 4 members (excludes halogenated alkanes) is 1. The zero-order chi connectivity index (χ0) is 14.1. The van der Waals surface area contributed by atoms with Gasteiger partial charge in [0.05, 0.1) is 0 Å². The van der Waals surface area contributed by atoms with Gasteiger partial charge >= 0.3 is 0 Å². The molecule has 1 fully saturated rings. The van der Waals surface area contributed by atoms with Crippen molar-refractivity contribution in [3.05, 3.63) is 0 Å². The molecular weight excluding hydrogens is 230 g/mol. The summed E-state index contributed by atoms with van der Waals surface area (Å²) in [6.07, 6.45) is 12.8. The van der Waals surface area contributed by atoms with Gasteiger partial charge in [0.15, 0.2) is 0 Å². The van der Waals surface area contributed by atoms with E-state index in [9.17, 15) is 0 Å². The van der Waals surface area contributed by atoms with Crippen LogP contribution in [0.4, 0.5) is 0 Å². The topological polar surface area (TPSA) is 12.0 Å². The Bertz CT molecular complexity index is 214. The summed E-state index contributed by atoms with van der Waals surface area (Å²) in [6, 6.07) is 0.788. The average molecular weight is 268 g/mol. The van der Waals surface area contributed by atoms with Crippen LogP contribution in [0.5, 0.6) is 0 Å². The van der Waals surface area contributed by atoms with Crippen molar-refractivity contribution in [1.29, 1.82) is 0 Å². The molecule has 0 aromatic heterocycles. The largest absolute Gasteiger partial charge is 0.314 e. The van der Waals surface area contributed by atoms with Crippen molar-refractivity contribution in [3.63, 3.8) is 0 Å². The summed E-state index contributed by atoms with van der Waals surface area (Å²) in [4.78, 5) is 0. The lowest BCUT2D eigenvalue weighted by atomic mass is 9.72. The molecule has 0 bridgehead atoms. The minimum atomic E-state index is 0.788. The molecule has 0 heterocycles. The van der Waals surface area contributed by atoms with Gasteiger partial charge in [-0.15, -0.1) is 0 Å². The molecule has 1 N–H and O–H groups in total. The second kappa shape index (κ2) is 9.80. The van der Waals surface area contributed by atoms with E-state index in [4.69, 9.17) is 0 Å². The second-order valence-corrected chi connectivity index (χ2v) is 6.59. The molecule has 1 saturated carbocycles. The predicted molar refractivity (Wildman–Crippen MR) is 86.5 cm³/mol. The smallest absolute Gasteiger partial charge is 0.0123 e. The third kappa shape index (κ3) is 5.45. The van der Waals surface area contributed by atoms with Crippen LogP contribution >= 0.6 is 0 Å². The number of rotatable bonds is 9. The highest BCUT2D eigenvalue weighted by Gasteiger charge is 2.31. The first kappa shape index (κ1) is 17.0. The first-order valence-corrected chi connectivity index (χ1v) is 9.00. The molecule has 19 heavy (non-hydrogen) atoms. The zero-order valence-corrected chi connectivity index (χ0v) is 13.9. The van der Waals surface area contributed by atoms with E-state index in [1.165, 1.54) is 57.8 Å². The molecule has 1 aliphatic rings. The van der Waals surface area contributed by atoms with Crippen molar-refractivity contribution >= 4 is 0 Å².